The Morgan fingerprint density at radius 2 is 1.90 bits per heavy atom. The number of esters is 1. The molecule has 0 bridgehead atoms. The summed E-state index contributed by atoms with van der Waals surface area (Å²) in [6.07, 6.45) is 0. The van der Waals surface area contributed by atoms with Gasteiger partial charge in [0.25, 0.3) is 0 Å². The molecule has 1 heterocycles. The molecular formula is C16H11ClN2O2. The van der Waals surface area contributed by atoms with Crippen molar-refractivity contribution in [2.45, 2.75) is 0 Å². The third kappa shape index (κ3) is 2.58. The molecule has 104 valence electrons. The lowest BCUT2D eigenvalue weighted by Gasteiger charge is -2.07. The SMILES string of the molecule is COC(=O)c1nc(-c2cccc(Cl)c2)nc2ccccc12. The van der Waals surface area contributed by atoms with Crippen LogP contribution in [0.5, 0.6) is 0 Å². The van der Waals surface area contributed by atoms with Crippen LogP contribution in [0.15, 0.2) is 48.5 Å². The summed E-state index contributed by atoms with van der Waals surface area (Å²) >= 11 is 6.00. The molecule has 0 fully saturated rings. The highest BCUT2D eigenvalue weighted by atomic mass is 35.5. The van der Waals surface area contributed by atoms with Gasteiger partial charge in [0, 0.05) is 16.0 Å². The number of aromatic nitrogens is 2. The number of hydrogen-bond acceptors (Lipinski definition) is 4. The predicted molar refractivity (Wildman–Crippen MR) is 81.3 cm³/mol. The van der Waals surface area contributed by atoms with Crippen LogP contribution in [0.25, 0.3) is 22.3 Å². The Kier molecular flexibility index (Phi) is 3.54. The van der Waals surface area contributed by atoms with E-state index >= 15 is 0 Å². The molecule has 0 saturated carbocycles. The van der Waals surface area contributed by atoms with Crippen molar-refractivity contribution in [3.63, 3.8) is 0 Å². The minimum atomic E-state index is -0.489. The van der Waals surface area contributed by atoms with Crippen LogP contribution in [0.2, 0.25) is 5.02 Å². The van der Waals surface area contributed by atoms with E-state index in [1.807, 2.05) is 30.3 Å². The van der Waals surface area contributed by atoms with E-state index in [9.17, 15) is 4.79 Å². The zero-order chi connectivity index (χ0) is 14.8. The first kappa shape index (κ1) is 13.5. The van der Waals surface area contributed by atoms with Crippen molar-refractivity contribution in [1.82, 2.24) is 9.97 Å². The lowest BCUT2D eigenvalue weighted by atomic mass is 10.1. The molecule has 3 aromatic rings. The van der Waals surface area contributed by atoms with Gasteiger partial charge >= 0.3 is 5.97 Å². The molecule has 5 heteroatoms. The average molecular weight is 299 g/mol. The van der Waals surface area contributed by atoms with Gasteiger partial charge in [-0.05, 0) is 18.2 Å². The van der Waals surface area contributed by atoms with Crippen LogP contribution in [0.4, 0.5) is 0 Å². The van der Waals surface area contributed by atoms with Gasteiger partial charge in [0.1, 0.15) is 0 Å². The molecular weight excluding hydrogens is 288 g/mol. The normalized spacial score (nSPS) is 10.6. The number of rotatable bonds is 2. The summed E-state index contributed by atoms with van der Waals surface area (Å²) in [4.78, 5) is 20.8. The van der Waals surface area contributed by atoms with Crippen LogP contribution < -0.4 is 0 Å². The smallest absolute Gasteiger partial charge is 0.357 e. The average Bonchev–Trinajstić information content (AvgIpc) is 2.53. The fraction of sp³-hybridized carbons (Fsp3) is 0.0625. The second-order valence-electron chi connectivity index (χ2n) is 4.41. The first-order valence-corrected chi connectivity index (χ1v) is 6.68. The molecule has 0 radical (unpaired) electrons. The molecule has 0 aliphatic carbocycles. The third-order valence-corrected chi connectivity index (χ3v) is 3.30. The first-order chi connectivity index (χ1) is 10.2. The van der Waals surface area contributed by atoms with Crippen molar-refractivity contribution in [3.8, 4) is 11.4 Å². The van der Waals surface area contributed by atoms with E-state index in [1.165, 1.54) is 7.11 Å². The molecule has 3 rings (SSSR count). The van der Waals surface area contributed by atoms with E-state index in [-0.39, 0.29) is 5.69 Å². The molecule has 1 aromatic heterocycles. The molecule has 0 aliphatic rings. The summed E-state index contributed by atoms with van der Waals surface area (Å²) in [5.41, 5.74) is 1.68. The van der Waals surface area contributed by atoms with Crippen molar-refractivity contribution >= 4 is 28.5 Å². The van der Waals surface area contributed by atoms with Crippen LogP contribution in [-0.2, 0) is 4.74 Å². The van der Waals surface area contributed by atoms with Gasteiger partial charge in [0.05, 0.1) is 12.6 Å². The van der Waals surface area contributed by atoms with Crippen LogP contribution in [0.3, 0.4) is 0 Å². The minimum Gasteiger partial charge on any atom is -0.464 e. The van der Waals surface area contributed by atoms with Crippen molar-refractivity contribution in [3.05, 3.63) is 59.2 Å². The number of halogens is 1. The van der Waals surface area contributed by atoms with Crippen molar-refractivity contribution < 1.29 is 9.53 Å². The minimum absolute atomic E-state index is 0.248. The Hall–Kier alpha value is -2.46. The highest BCUT2D eigenvalue weighted by Crippen LogP contribution is 2.24. The van der Waals surface area contributed by atoms with Gasteiger partial charge in [-0.25, -0.2) is 14.8 Å². The van der Waals surface area contributed by atoms with Gasteiger partial charge in [-0.2, -0.15) is 0 Å². The van der Waals surface area contributed by atoms with Gasteiger partial charge in [0.15, 0.2) is 11.5 Å². The number of carbonyl (C=O) groups excluding carboxylic acids is 1. The monoisotopic (exact) mass is 298 g/mol. The molecule has 0 amide bonds. The van der Waals surface area contributed by atoms with Gasteiger partial charge in [0.2, 0.25) is 0 Å². The Morgan fingerprint density at radius 1 is 1.10 bits per heavy atom. The van der Waals surface area contributed by atoms with Crippen molar-refractivity contribution in [1.29, 1.82) is 0 Å². The molecule has 2 aromatic carbocycles. The van der Waals surface area contributed by atoms with Gasteiger partial charge in [-0.3, -0.25) is 0 Å². The van der Waals surface area contributed by atoms with Crippen LogP contribution in [0, 0.1) is 0 Å². The lowest BCUT2D eigenvalue weighted by Crippen LogP contribution is -2.07. The fourth-order valence-electron chi connectivity index (χ4n) is 2.09. The van der Waals surface area contributed by atoms with Crippen LogP contribution in [-0.4, -0.2) is 23.0 Å². The van der Waals surface area contributed by atoms with E-state index in [1.54, 1.807) is 18.2 Å². The number of benzene rings is 2. The molecule has 0 N–H and O–H groups in total. The second kappa shape index (κ2) is 5.50. The summed E-state index contributed by atoms with van der Waals surface area (Å²) in [6, 6.07) is 14.5. The largest absolute Gasteiger partial charge is 0.464 e. The van der Waals surface area contributed by atoms with E-state index in [4.69, 9.17) is 16.3 Å². The molecule has 0 aliphatic heterocycles. The number of ether oxygens (including phenoxy) is 1. The number of methoxy groups -OCH3 is 1. The number of carbonyl (C=O) groups is 1. The zero-order valence-corrected chi connectivity index (χ0v) is 12.0. The van der Waals surface area contributed by atoms with E-state index in [0.717, 1.165) is 5.56 Å². The van der Waals surface area contributed by atoms with Gasteiger partial charge in [-0.1, -0.05) is 41.9 Å². The van der Waals surface area contributed by atoms with E-state index in [0.29, 0.717) is 21.7 Å². The van der Waals surface area contributed by atoms with Gasteiger partial charge in [-0.15, -0.1) is 0 Å². The summed E-state index contributed by atoms with van der Waals surface area (Å²) < 4.78 is 4.80. The molecule has 21 heavy (non-hydrogen) atoms. The molecule has 0 atom stereocenters. The van der Waals surface area contributed by atoms with Crippen molar-refractivity contribution in [2.24, 2.45) is 0 Å². The summed E-state index contributed by atoms with van der Waals surface area (Å²) in [5.74, 6) is -0.0477. The molecule has 0 unspecified atom stereocenters. The molecule has 4 nitrogen and oxygen atoms in total. The highest BCUT2D eigenvalue weighted by Gasteiger charge is 2.15. The van der Waals surface area contributed by atoms with E-state index < -0.39 is 5.97 Å². The fourth-order valence-corrected chi connectivity index (χ4v) is 2.28. The lowest BCUT2D eigenvalue weighted by molar-refractivity contribution is 0.0596. The quantitative estimate of drug-likeness (QED) is 0.676. The van der Waals surface area contributed by atoms with Gasteiger partial charge < -0.3 is 4.74 Å². The Labute approximate surface area is 126 Å². The van der Waals surface area contributed by atoms with Crippen LogP contribution >= 0.6 is 11.6 Å². The number of hydrogen-bond donors (Lipinski definition) is 0. The highest BCUT2D eigenvalue weighted by molar-refractivity contribution is 6.30. The summed E-state index contributed by atoms with van der Waals surface area (Å²) in [6.45, 7) is 0. The molecule has 0 spiro atoms. The van der Waals surface area contributed by atoms with E-state index in [2.05, 4.69) is 9.97 Å². The van der Waals surface area contributed by atoms with Crippen LogP contribution in [0.1, 0.15) is 10.5 Å². The molecule has 0 saturated heterocycles. The third-order valence-electron chi connectivity index (χ3n) is 3.06. The Balaban J connectivity index is 2.27. The van der Waals surface area contributed by atoms with Crippen molar-refractivity contribution in [2.75, 3.05) is 7.11 Å². The maximum atomic E-state index is 11.9. The Morgan fingerprint density at radius 3 is 2.67 bits per heavy atom. The maximum absolute atomic E-state index is 11.9. The number of para-hydroxylation sites is 1. The predicted octanol–water partition coefficient (Wildman–Crippen LogP) is 3.74. The first-order valence-electron chi connectivity index (χ1n) is 6.30. The standard InChI is InChI=1S/C16H11ClN2O2/c1-21-16(20)14-12-7-2-3-8-13(12)18-15(19-14)10-5-4-6-11(17)9-10/h2-9H,1H3. The summed E-state index contributed by atoms with van der Waals surface area (Å²) in [5, 5.41) is 1.25. The second-order valence-corrected chi connectivity index (χ2v) is 4.85. The topological polar surface area (TPSA) is 52.1 Å². The maximum Gasteiger partial charge on any atom is 0.357 e. The number of fused-ring (bicyclic) bond motifs is 1. The Bertz CT molecular complexity index is 833. The zero-order valence-electron chi connectivity index (χ0n) is 11.2. The summed E-state index contributed by atoms with van der Waals surface area (Å²) in [7, 11) is 1.33. The number of nitrogens with zero attached hydrogens (tertiary/aromatic N) is 2.